The van der Waals surface area contributed by atoms with Crippen molar-refractivity contribution >= 4 is 12.1 Å². The Balaban J connectivity index is 3.05. The third-order valence-corrected chi connectivity index (χ3v) is 3.52. The van der Waals surface area contributed by atoms with Crippen molar-refractivity contribution in [2.75, 3.05) is 26.6 Å². The molecule has 1 N–H and O–H groups in total. The van der Waals surface area contributed by atoms with Gasteiger partial charge in [0, 0.05) is 0 Å². The second-order valence-electron chi connectivity index (χ2n) is 6.42. The lowest BCUT2D eigenvalue weighted by Crippen LogP contribution is -2.60. The van der Waals surface area contributed by atoms with Crippen LogP contribution < -0.4 is 0 Å². The number of rotatable bonds is 2. The molecule has 1 saturated heterocycles. The van der Waals surface area contributed by atoms with E-state index in [2.05, 4.69) is 0 Å². The van der Waals surface area contributed by atoms with E-state index in [9.17, 15) is 14.7 Å². The Morgan fingerprint density at radius 1 is 1.29 bits per heavy atom. The van der Waals surface area contributed by atoms with E-state index in [1.807, 2.05) is 0 Å². The first-order valence-corrected chi connectivity index (χ1v) is 6.97. The topological polar surface area (TPSA) is 85.3 Å². The zero-order chi connectivity index (χ0) is 16.3. The fraction of sp³-hybridized carbons (Fsp3) is 0.857. The van der Waals surface area contributed by atoms with E-state index in [0.717, 1.165) is 0 Å². The van der Waals surface area contributed by atoms with Gasteiger partial charge in [0.05, 0.1) is 31.3 Å². The number of ether oxygens (including phenoxy) is 3. The number of carbonyl (C=O) groups is 2. The molecule has 7 nitrogen and oxygen atoms in total. The number of amides is 1. The summed E-state index contributed by atoms with van der Waals surface area (Å²) >= 11 is 0. The Kier molecular flexibility index (Phi) is 5.58. The molecule has 0 saturated carbocycles. The van der Waals surface area contributed by atoms with E-state index in [0.29, 0.717) is 13.2 Å². The van der Waals surface area contributed by atoms with Crippen molar-refractivity contribution in [2.45, 2.75) is 45.8 Å². The van der Waals surface area contributed by atoms with Gasteiger partial charge in [-0.05, 0) is 34.6 Å². The Hall–Kier alpha value is -1.34. The summed E-state index contributed by atoms with van der Waals surface area (Å²) in [6.45, 7) is 9.28. The van der Waals surface area contributed by atoms with Crippen LogP contribution in [0.15, 0.2) is 0 Å². The summed E-state index contributed by atoms with van der Waals surface area (Å²) in [7, 11) is 0. The van der Waals surface area contributed by atoms with Crippen LogP contribution in [-0.4, -0.2) is 59.8 Å². The molecule has 0 aliphatic carbocycles. The van der Waals surface area contributed by atoms with Gasteiger partial charge < -0.3 is 19.3 Å². The molecule has 0 unspecified atom stereocenters. The van der Waals surface area contributed by atoms with E-state index in [4.69, 9.17) is 14.2 Å². The Labute approximate surface area is 125 Å². The largest absolute Gasteiger partial charge is 0.481 e. The van der Waals surface area contributed by atoms with Crippen molar-refractivity contribution in [3.8, 4) is 0 Å². The molecule has 0 spiro atoms. The van der Waals surface area contributed by atoms with Crippen molar-refractivity contribution in [2.24, 2.45) is 5.92 Å². The minimum Gasteiger partial charge on any atom is -0.481 e. The monoisotopic (exact) mass is 303 g/mol. The lowest BCUT2D eigenvalue weighted by atomic mass is 9.86. The molecule has 7 heteroatoms. The van der Waals surface area contributed by atoms with Crippen LogP contribution in [0.25, 0.3) is 0 Å². The van der Waals surface area contributed by atoms with E-state index in [-0.39, 0.29) is 13.3 Å². The van der Waals surface area contributed by atoms with Crippen LogP contribution in [0.3, 0.4) is 0 Å². The number of aliphatic carboxylic acids is 1. The molecule has 2 atom stereocenters. The number of carbonyl (C=O) groups excluding carboxylic acids is 1. The van der Waals surface area contributed by atoms with Gasteiger partial charge in [0.2, 0.25) is 0 Å². The van der Waals surface area contributed by atoms with Gasteiger partial charge in [-0.25, -0.2) is 4.79 Å². The third kappa shape index (κ3) is 4.57. The molecule has 1 amide bonds. The lowest BCUT2D eigenvalue weighted by Gasteiger charge is -2.44. The van der Waals surface area contributed by atoms with Gasteiger partial charge in [-0.3, -0.25) is 9.69 Å². The third-order valence-electron chi connectivity index (χ3n) is 3.52. The van der Waals surface area contributed by atoms with Crippen LogP contribution in [0.2, 0.25) is 0 Å². The molecule has 1 rings (SSSR count). The zero-order valence-corrected chi connectivity index (χ0v) is 13.3. The van der Waals surface area contributed by atoms with Crippen LogP contribution in [0.1, 0.15) is 34.6 Å². The predicted octanol–water partition coefficient (Wildman–Crippen LogP) is 1.71. The SMILES string of the molecule is C[C@@H](C(=O)O)[C@]1(C)COCCOCN1C(=O)OC(C)(C)C. The first-order chi connectivity index (χ1) is 9.58. The molecular formula is C14H25NO6. The highest BCUT2D eigenvalue weighted by Gasteiger charge is 2.46. The molecule has 0 aromatic heterocycles. The van der Waals surface area contributed by atoms with Crippen molar-refractivity contribution < 1.29 is 28.9 Å². The summed E-state index contributed by atoms with van der Waals surface area (Å²) in [5, 5.41) is 9.32. The second-order valence-corrected chi connectivity index (χ2v) is 6.42. The van der Waals surface area contributed by atoms with Gasteiger partial charge in [0.25, 0.3) is 0 Å². The van der Waals surface area contributed by atoms with E-state index in [1.54, 1.807) is 34.6 Å². The molecular weight excluding hydrogens is 278 g/mol. The minimum absolute atomic E-state index is 0.0214. The fourth-order valence-corrected chi connectivity index (χ4v) is 1.98. The predicted molar refractivity (Wildman–Crippen MR) is 74.9 cm³/mol. The standard InChI is InChI=1S/C14H25NO6/c1-10(11(16)17)14(5)8-19-6-7-20-9-15(14)12(18)21-13(2,3)4/h10H,6-9H2,1-5H3,(H,16,17)/t10-,14-/m0/s1. The number of hydrogen-bond acceptors (Lipinski definition) is 5. The number of carboxylic acids is 1. The molecule has 0 aromatic carbocycles. The van der Waals surface area contributed by atoms with Gasteiger partial charge in [-0.15, -0.1) is 0 Å². The first-order valence-electron chi connectivity index (χ1n) is 6.97. The molecule has 1 fully saturated rings. The average Bonchev–Trinajstić information content (AvgIpc) is 2.30. The van der Waals surface area contributed by atoms with Crippen molar-refractivity contribution in [3.63, 3.8) is 0 Å². The average molecular weight is 303 g/mol. The molecule has 0 bridgehead atoms. The Bertz CT molecular complexity index is 391. The fourth-order valence-electron chi connectivity index (χ4n) is 1.98. The van der Waals surface area contributed by atoms with Gasteiger partial charge in [0.1, 0.15) is 12.3 Å². The normalized spacial score (nSPS) is 25.7. The van der Waals surface area contributed by atoms with Crippen LogP contribution in [0, 0.1) is 5.92 Å². The minimum atomic E-state index is -1.05. The number of hydrogen-bond donors (Lipinski definition) is 1. The molecule has 1 heterocycles. The summed E-state index contributed by atoms with van der Waals surface area (Å²) in [5.41, 5.74) is -1.72. The smallest absolute Gasteiger partial charge is 0.412 e. The summed E-state index contributed by atoms with van der Waals surface area (Å²) < 4.78 is 16.1. The Morgan fingerprint density at radius 2 is 1.86 bits per heavy atom. The highest BCUT2D eigenvalue weighted by atomic mass is 16.6. The highest BCUT2D eigenvalue weighted by molar-refractivity contribution is 5.74. The maximum absolute atomic E-state index is 12.4. The highest BCUT2D eigenvalue weighted by Crippen LogP contribution is 2.29. The van der Waals surface area contributed by atoms with Crippen LogP contribution in [-0.2, 0) is 19.0 Å². The first kappa shape index (κ1) is 17.7. The van der Waals surface area contributed by atoms with Gasteiger partial charge in [0.15, 0.2) is 0 Å². The number of nitrogens with zero attached hydrogens (tertiary/aromatic N) is 1. The van der Waals surface area contributed by atoms with E-state index < -0.39 is 29.1 Å². The number of carboxylic acid groups (broad SMARTS) is 1. The van der Waals surface area contributed by atoms with Gasteiger partial charge in [-0.2, -0.15) is 0 Å². The second kappa shape index (κ2) is 6.62. The molecule has 0 aromatic rings. The Morgan fingerprint density at radius 3 is 2.38 bits per heavy atom. The maximum Gasteiger partial charge on any atom is 0.412 e. The molecule has 0 radical (unpaired) electrons. The molecule has 21 heavy (non-hydrogen) atoms. The maximum atomic E-state index is 12.4. The van der Waals surface area contributed by atoms with Crippen molar-refractivity contribution in [1.29, 1.82) is 0 Å². The van der Waals surface area contributed by atoms with Crippen LogP contribution in [0.4, 0.5) is 4.79 Å². The van der Waals surface area contributed by atoms with Crippen LogP contribution in [0.5, 0.6) is 0 Å². The molecule has 1 aliphatic rings. The van der Waals surface area contributed by atoms with Crippen LogP contribution >= 0.6 is 0 Å². The van der Waals surface area contributed by atoms with Gasteiger partial charge in [-0.1, -0.05) is 0 Å². The summed E-state index contributed by atoms with van der Waals surface area (Å²) in [6, 6.07) is 0. The zero-order valence-electron chi connectivity index (χ0n) is 13.3. The van der Waals surface area contributed by atoms with E-state index in [1.165, 1.54) is 4.90 Å². The van der Waals surface area contributed by atoms with Crippen molar-refractivity contribution in [1.82, 2.24) is 4.90 Å². The van der Waals surface area contributed by atoms with Crippen molar-refractivity contribution in [3.05, 3.63) is 0 Å². The molecule has 122 valence electrons. The van der Waals surface area contributed by atoms with E-state index >= 15 is 0 Å². The summed E-state index contributed by atoms with van der Waals surface area (Å²) in [4.78, 5) is 25.1. The quantitative estimate of drug-likeness (QED) is 0.836. The summed E-state index contributed by atoms with van der Waals surface area (Å²) in [5.74, 6) is -1.83. The van der Waals surface area contributed by atoms with Gasteiger partial charge >= 0.3 is 12.1 Å². The lowest BCUT2D eigenvalue weighted by molar-refractivity contribution is -0.157. The molecule has 1 aliphatic heterocycles. The summed E-state index contributed by atoms with van der Waals surface area (Å²) in [6.07, 6.45) is -0.608.